The Morgan fingerprint density at radius 2 is 1.60 bits per heavy atom. The molecule has 7 nitrogen and oxygen atoms in total. The standard InChI is InChI=1S/C21H25N3O4S.ClH/c1-23(2)11-12-24(20(25)14-28-16-7-5-15(26-3)6-8-16)21-22-18-10-9-17(27-4)13-19(18)29-21;/h5-10,13H,11-12,14H2,1-4H3;1H. The van der Waals surface area contributed by atoms with Crippen LogP contribution in [0, 0.1) is 0 Å². The van der Waals surface area contributed by atoms with Gasteiger partial charge < -0.3 is 19.1 Å². The maximum atomic E-state index is 13.0. The van der Waals surface area contributed by atoms with Gasteiger partial charge in [0.05, 0.1) is 24.4 Å². The molecule has 1 aromatic heterocycles. The summed E-state index contributed by atoms with van der Waals surface area (Å²) in [5.41, 5.74) is 0.838. The maximum absolute atomic E-state index is 13.0. The Hall–Kier alpha value is -2.55. The summed E-state index contributed by atoms with van der Waals surface area (Å²) in [7, 11) is 7.18. The van der Waals surface area contributed by atoms with Crippen molar-refractivity contribution >= 4 is 45.0 Å². The molecule has 2 aromatic carbocycles. The number of carbonyl (C=O) groups excluding carboxylic acids is 1. The van der Waals surface area contributed by atoms with Crippen LogP contribution >= 0.6 is 23.7 Å². The molecule has 0 saturated heterocycles. The van der Waals surface area contributed by atoms with E-state index in [9.17, 15) is 4.79 Å². The van der Waals surface area contributed by atoms with Crippen LogP contribution in [-0.2, 0) is 4.79 Å². The van der Waals surface area contributed by atoms with Crippen molar-refractivity contribution in [2.75, 3.05) is 52.9 Å². The van der Waals surface area contributed by atoms with Gasteiger partial charge in [0.25, 0.3) is 5.91 Å². The number of carbonyl (C=O) groups is 1. The van der Waals surface area contributed by atoms with Gasteiger partial charge in [0, 0.05) is 13.1 Å². The molecule has 0 N–H and O–H groups in total. The number of benzene rings is 2. The Kier molecular flexibility index (Phi) is 8.71. The Bertz CT molecular complexity index is 963. The lowest BCUT2D eigenvalue weighted by Crippen LogP contribution is -2.39. The molecule has 0 aliphatic carbocycles. The van der Waals surface area contributed by atoms with Crippen LogP contribution in [0.1, 0.15) is 0 Å². The first-order valence-electron chi connectivity index (χ1n) is 9.16. The molecule has 162 valence electrons. The molecule has 0 radical (unpaired) electrons. The van der Waals surface area contributed by atoms with Gasteiger partial charge in [0.1, 0.15) is 17.2 Å². The van der Waals surface area contributed by atoms with Gasteiger partial charge in [0.2, 0.25) is 0 Å². The van der Waals surface area contributed by atoms with E-state index in [0.29, 0.717) is 24.0 Å². The number of hydrogen-bond acceptors (Lipinski definition) is 7. The summed E-state index contributed by atoms with van der Waals surface area (Å²) < 4.78 is 17.1. The summed E-state index contributed by atoms with van der Waals surface area (Å²) in [5, 5.41) is 0.651. The highest BCUT2D eigenvalue weighted by atomic mass is 35.5. The highest BCUT2D eigenvalue weighted by Crippen LogP contribution is 2.31. The van der Waals surface area contributed by atoms with Crippen molar-refractivity contribution in [3.8, 4) is 17.2 Å². The van der Waals surface area contributed by atoms with E-state index in [1.807, 2.05) is 37.2 Å². The maximum Gasteiger partial charge on any atom is 0.266 e. The van der Waals surface area contributed by atoms with Gasteiger partial charge in [-0.25, -0.2) is 4.98 Å². The predicted molar refractivity (Wildman–Crippen MR) is 123 cm³/mol. The molecule has 1 amide bonds. The van der Waals surface area contributed by atoms with Crippen LogP contribution < -0.4 is 19.1 Å². The van der Waals surface area contributed by atoms with Crippen LogP contribution in [0.5, 0.6) is 17.2 Å². The van der Waals surface area contributed by atoms with Gasteiger partial charge in [-0.05, 0) is 56.6 Å². The number of thiazole rings is 1. The lowest BCUT2D eigenvalue weighted by Gasteiger charge is -2.22. The summed E-state index contributed by atoms with van der Waals surface area (Å²) >= 11 is 1.46. The lowest BCUT2D eigenvalue weighted by molar-refractivity contribution is -0.120. The molecule has 0 spiro atoms. The normalized spacial score (nSPS) is 10.6. The van der Waals surface area contributed by atoms with Crippen molar-refractivity contribution in [2.24, 2.45) is 0 Å². The number of amides is 1. The molecule has 0 unspecified atom stereocenters. The number of nitrogens with zero attached hydrogens (tertiary/aromatic N) is 3. The van der Waals surface area contributed by atoms with Gasteiger partial charge in [-0.3, -0.25) is 9.69 Å². The Balaban J connectivity index is 0.00000320. The number of likely N-dealkylation sites (N-methyl/N-ethyl adjacent to an activating group) is 1. The first-order chi connectivity index (χ1) is 14.0. The number of aromatic nitrogens is 1. The van der Waals surface area contributed by atoms with Gasteiger partial charge in [-0.15, -0.1) is 12.4 Å². The van der Waals surface area contributed by atoms with Crippen LogP contribution in [0.2, 0.25) is 0 Å². The van der Waals surface area contributed by atoms with Crippen LogP contribution in [0.15, 0.2) is 42.5 Å². The van der Waals surface area contributed by atoms with Crippen molar-refractivity contribution in [3.05, 3.63) is 42.5 Å². The number of anilines is 1. The summed E-state index contributed by atoms with van der Waals surface area (Å²) in [4.78, 5) is 21.3. The average Bonchev–Trinajstić information content (AvgIpc) is 3.15. The van der Waals surface area contributed by atoms with Crippen LogP contribution in [0.25, 0.3) is 10.2 Å². The highest BCUT2D eigenvalue weighted by Gasteiger charge is 2.20. The summed E-state index contributed by atoms with van der Waals surface area (Å²) in [6, 6.07) is 12.8. The SMILES string of the molecule is COc1ccc(OCC(=O)N(CCN(C)C)c2nc3ccc(OC)cc3s2)cc1.Cl. The summed E-state index contributed by atoms with van der Waals surface area (Å²) in [5.74, 6) is 1.97. The number of methoxy groups -OCH3 is 2. The van der Waals surface area contributed by atoms with E-state index in [0.717, 1.165) is 21.7 Å². The van der Waals surface area contributed by atoms with Crippen molar-refractivity contribution in [3.63, 3.8) is 0 Å². The number of hydrogen-bond donors (Lipinski definition) is 0. The van der Waals surface area contributed by atoms with Crippen LogP contribution in [0.3, 0.4) is 0 Å². The van der Waals surface area contributed by atoms with Crippen LogP contribution in [-0.4, -0.2) is 63.8 Å². The monoisotopic (exact) mass is 451 g/mol. The minimum absolute atomic E-state index is 0. The lowest BCUT2D eigenvalue weighted by atomic mass is 10.3. The summed E-state index contributed by atoms with van der Waals surface area (Å²) in [6.07, 6.45) is 0. The fraction of sp³-hybridized carbons (Fsp3) is 0.333. The predicted octanol–water partition coefficient (Wildman–Crippen LogP) is 3.71. The first kappa shape index (κ1) is 23.7. The average molecular weight is 452 g/mol. The highest BCUT2D eigenvalue weighted by molar-refractivity contribution is 7.22. The Morgan fingerprint density at radius 1 is 0.967 bits per heavy atom. The van der Waals surface area contributed by atoms with E-state index in [1.54, 1.807) is 43.4 Å². The van der Waals surface area contributed by atoms with E-state index >= 15 is 0 Å². The van der Waals surface area contributed by atoms with Crippen molar-refractivity contribution < 1.29 is 19.0 Å². The van der Waals surface area contributed by atoms with E-state index < -0.39 is 0 Å². The molecule has 0 atom stereocenters. The van der Waals surface area contributed by atoms with Gasteiger partial charge in [-0.2, -0.15) is 0 Å². The zero-order chi connectivity index (χ0) is 20.8. The van der Waals surface area contributed by atoms with E-state index in [1.165, 1.54) is 11.3 Å². The van der Waals surface area contributed by atoms with Crippen molar-refractivity contribution in [1.82, 2.24) is 9.88 Å². The quantitative estimate of drug-likeness (QED) is 0.494. The first-order valence-corrected chi connectivity index (χ1v) is 9.98. The third-order valence-corrected chi connectivity index (χ3v) is 5.35. The topological polar surface area (TPSA) is 64.1 Å². The molecular formula is C21H26ClN3O4S. The smallest absolute Gasteiger partial charge is 0.266 e. The molecule has 3 aromatic rings. The second kappa shape index (κ2) is 11.0. The van der Waals surface area contributed by atoms with E-state index in [2.05, 4.69) is 4.98 Å². The molecule has 1 heterocycles. The Morgan fingerprint density at radius 3 is 2.23 bits per heavy atom. The van der Waals surface area contributed by atoms with E-state index in [4.69, 9.17) is 14.2 Å². The number of ether oxygens (including phenoxy) is 3. The second-order valence-corrected chi connectivity index (χ2v) is 7.65. The summed E-state index contributed by atoms with van der Waals surface area (Å²) in [6.45, 7) is 1.17. The largest absolute Gasteiger partial charge is 0.497 e. The molecule has 0 aliphatic rings. The molecule has 0 aliphatic heterocycles. The zero-order valence-corrected chi connectivity index (χ0v) is 19.1. The Labute approximate surface area is 186 Å². The number of fused-ring (bicyclic) bond motifs is 1. The number of rotatable bonds is 9. The van der Waals surface area contributed by atoms with Crippen molar-refractivity contribution in [2.45, 2.75) is 0 Å². The third kappa shape index (κ3) is 5.98. The molecular weight excluding hydrogens is 426 g/mol. The minimum Gasteiger partial charge on any atom is -0.497 e. The minimum atomic E-state index is -0.145. The zero-order valence-electron chi connectivity index (χ0n) is 17.5. The van der Waals surface area contributed by atoms with E-state index in [-0.39, 0.29) is 24.9 Å². The van der Waals surface area contributed by atoms with Gasteiger partial charge in [-0.1, -0.05) is 11.3 Å². The molecule has 30 heavy (non-hydrogen) atoms. The fourth-order valence-corrected chi connectivity index (χ4v) is 3.69. The molecule has 0 saturated carbocycles. The molecule has 0 fully saturated rings. The van der Waals surface area contributed by atoms with Gasteiger partial charge in [0.15, 0.2) is 11.7 Å². The molecule has 9 heteroatoms. The van der Waals surface area contributed by atoms with Crippen molar-refractivity contribution in [1.29, 1.82) is 0 Å². The molecule has 3 rings (SSSR count). The second-order valence-electron chi connectivity index (χ2n) is 6.64. The fourth-order valence-electron chi connectivity index (χ4n) is 2.66. The number of halogens is 1. The third-order valence-electron chi connectivity index (χ3n) is 4.31. The van der Waals surface area contributed by atoms with Gasteiger partial charge >= 0.3 is 0 Å². The molecule has 0 bridgehead atoms. The van der Waals surface area contributed by atoms with Crippen LogP contribution in [0.4, 0.5) is 5.13 Å².